The Morgan fingerprint density at radius 1 is 0.667 bits per heavy atom. The number of nitrogens with one attached hydrogen (secondary N) is 8. The largest absolute Gasteiger partial charge is 0.508 e. The van der Waals surface area contributed by atoms with Crippen LogP contribution in [0.5, 0.6) is 11.5 Å². The monoisotopic (exact) mass is 1160 g/mol. The number of rotatable bonds is 19. The van der Waals surface area contributed by atoms with Gasteiger partial charge >= 0.3 is 0 Å². The van der Waals surface area contributed by atoms with E-state index < -0.39 is 125 Å². The van der Waals surface area contributed by atoms with E-state index in [4.69, 9.17) is 34.5 Å². The van der Waals surface area contributed by atoms with Crippen molar-refractivity contribution in [2.75, 3.05) is 18.8 Å². The highest BCUT2D eigenvalue weighted by atomic mass is 35.5. The highest BCUT2D eigenvalue weighted by molar-refractivity contribution is 8.13. The number of halogens is 1. The van der Waals surface area contributed by atoms with Crippen LogP contribution >= 0.6 is 23.4 Å². The Hall–Kier alpha value is -8.30. The van der Waals surface area contributed by atoms with Crippen LogP contribution in [-0.2, 0) is 64.0 Å². The maximum Gasteiger partial charge on any atom is 0.279 e. The summed E-state index contributed by atoms with van der Waals surface area (Å²) in [6.45, 7) is 0.657. The van der Waals surface area contributed by atoms with E-state index in [0.717, 1.165) is 6.92 Å². The number of primary amides is 2. The molecule has 0 bridgehead atoms. The van der Waals surface area contributed by atoms with Crippen molar-refractivity contribution in [1.29, 1.82) is 0 Å². The van der Waals surface area contributed by atoms with Gasteiger partial charge in [0.2, 0.25) is 53.2 Å². The highest BCUT2D eigenvalue weighted by Crippen LogP contribution is 2.17. The second-order valence-corrected chi connectivity index (χ2v) is 20.6. The zero-order chi connectivity index (χ0) is 59.3. The number of carbonyl (C=O) groups excluding carboxylic acids is 10. The number of amides is 10. The fraction of sp³-hybridized carbons (Fsp3) is 0.370. The number of aliphatic hydroxyl groups excluding tert-OH is 1. The molecule has 5 rings (SSSR count). The molecular weight excluding hydrogens is 1090 g/mol. The van der Waals surface area contributed by atoms with Gasteiger partial charge < -0.3 is 80.8 Å². The zero-order valence-corrected chi connectivity index (χ0v) is 45.6. The van der Waals surface area contributed by atoms with Crippen molar-refractivity contribution in [2.45, 2.75) is 106 Å². The number of nitrogens with two attached hydrogens (primary N) is 4. The summed E-state index contributed by atoms with van der Waals surface area (Å²) in [5.74, 6) is -9.63. The number of thioether (sulfide) groups is 1. The first-order chi connectivity index (χ1) is 38.5. The van der Waals surface area contributed by atoms with E-state index in [2.05, 4.69) is 42.5 Å². The average Bonchev–Trinajstić information content (AvgIpc) is 3.44. The number of benzene rings is 4. The summed E-state index contributed by atoms with van der Waals surface area (Å²) in [6.07, 6.45) is -1.98. The first-order valence-electron chi connectivity index (χ1n) is 25.6. The molecule has 0 saturated carbocycles. The summed E-state index contributed by atoms with van der Waals surface area (Å²) in [5, 5.41) is 50.6. The molecule has 0 aliphatic carbocycles. The Morgan fingerprint density at radius 3 is 1.72 bits per heavy atom. The molecule has 1 aliphatic rings. The normalized spacial score (nSPS) is 20.9. The summed E-state index contributed by atoms with van der Waals surface area (Å²) >= 11 is 6.45. The fourth-order valence-corrected chi connectivity index (χ4v) is 9.09. The van der Waals surface area contributed by atoms with Crippen LogP contribution in [-0.4, -0.2) is 147 Å². The summed E-state index contributed by atoms with van der Waals surface area (Å²) in [5.41, 5.74) is 25.2. The minimum atomic E-state index is -1.84. The quantitative estimate of drug-likeness (QED) is 0.0465. The van der Waals surface area contributed by atoms with Crippen molar-refractivity contribution >= 4 is 81.8 Å². The molecule has 4 aromatic rings. The maximum absolute atomic E-state index is 14.7. The van der Waals surface area contributed by atoms with Crippen LogP contribution < -0.4 is 65.5 Å². The molecule has 1 saturated heterocycles. The van der Waals surface area contributed by atoms with Gasteiger partial charge in [0.05, 0.1) is 12.1 Å². The molecule has 4 aromatic carbocycles. The summed E-state index contributed by atoms with van der Waals surface area (Å²) in [6, 6.07) is 10.8. The van der Waals surface area contributed by atoms with Gasteiger partial charge in [-0.25, -0.2) is 0 Å². The van der Waals surface area contributed by atoms with Gasteiger partial charge in [0.1, 0.15) is 53.8 Å². The number of hydrogen-bond acceptors (Lipinski definition) is 16. The smallest absolute Gasteiger partial charge is 0.279 e. The first-order valence-corrected chi connectivity index (χ1v) is 27.0. The third-order valence-corrected chi connectivity index (χ3v) is 14.0. The van der Waals surface area contributed by atoms with E-state index in [1.165, 1.54) is 72.8 Å². The van der Waals surface area contributed by atoms with Crippen molar-refractivity contribution in [2.24, 2.45) is 22.9 Å². The minimum absolute atomic E-state index is 0.0359. The van der Waals surface area contributed by atoms with E-state index in [1.807, 2.05) is 0 Å². The SMILES string of the molecule is C[C@@H](O)[C@@H]1NC(=O)[C@H](CCCCN)NC(=O)[C@@H](Cc2ccc(C(N)=O)cc2)NC(=O)[C@H](Cc2ccc(O)cc2)NC(=O)[C@@H](NC(=O)[C@@H](N)Cc2ccc(Cl)cc2)CNC(=O)SC[C@@H](C(=O)N[C@H](Cc2ccc(O)cc2)C(N)=O)NC1=O. The van der Waals surface area contributed by atoms with Crippen molar-refractivity contribution in [3.8, 4) is 11.5 Å². The van der Waals surface area contributed by atoms with Gasteiger partial charge in [-0.05, 0) is 110 Å². The molecule has 0 aromatic heterocycles. The van der Waals surface area contributed by atoms with E-state index in [1.54, 1.807) is 24.3 Å². The van der Waals surface area contributed by atoms with E-state index in [0.29, 0.717) is 45.5 Å². The molecule has 1 fully saturated rings. The lowest BCUT2D eigenvalue weighted by atomic mass is 10.00. The highest BCUT2D eigenvalue weighted by Gasteiger charge is 2.37. The van der Waals surface area contributed by atoms with Crippen molar-refractivity contribution in [3.63, 3.8) is 0 Å². The maximum atomic E-state index is 14.7. The Kier molecular flexibility index (Phi) is 24.2. The molecule has 0 radical (unpaired) electrons. The first kappa shape index (κ1) is 63.5. The molecule has 0 spiro atoms. The Balaban J connectivity index is 1.58. The summed E-state index contributed by atoms with van der Waals surface area (Å²) < 4.78 is 0. The lowest BCUT2D eigenvalue weighted by Crippen LogP contribution is -2.62. The minimum Gasteiger partial charge on any atom is -0.508 e. The molecule has 1 heterocycles. The van der Waals surface area contributed by atoms with Gasteiger partial charge in [-0.1, -0.05) is 71.9 Å². The molecule has 19 N–H and O–H groups in total. The molecule has 434 valence electrons. The van der Waals surface area contributed by atoms with Gasteiger partial charge in [0.25, 0.3) is 5.24 Å². The van der Waals surface area contributed by atoms with Crippen LogP contribution in [0.1, 0.15) is 58.8 Å². The number of unbranched alkanes of at least 4 members (excludes halogenated alkanes) is 1. The molecule has 10 amide bonds. The van der Waals surface area contributed by atoms with Crippen molar-refractivity contribution in [1.82, 2.24) is 42.5 Å². The third kappa shape index (κ3) is 20.4. The van der Waals surface area contributed by atoms with E-state index in [9.17, 15) is 63.3 Å². The number of hydrogen-bond donors (Lipinski definition) is 15. The summed E-state index contributed by atoms with van der Waals surface area (Å²) in [4.78, 5) is 139. The van der Waals surface area contributed by atoms with Gasteiger partial charge in [-0.15, -0.1) is 0 Å². The fourth-order valence-electron chi connectivity index (χ4n) is 8.22. The van der Waals surface area contributed by atoms with Gasteiger partial charge in [0, 0.05) is 42.1 Å². The Morgan fingerprint density at radius 2 is 1.17 bits per heavy atom. The molecular formula is C54H67ClN12O13S. The van der Waals surface area contributed by atoms with Crippen LogP contribution in [0, 0.1) is 0 Å². The topological polar surface area (TPSA) is 432 Å². The van der Waals surface area contributed by atoms with Crippen LogP contribution in [0.15, 0.2) is 97.1 Å². The van der Waals surface area contributed by atoms with Crippen LogP contribution in [0.3, 0.4) is 0 Å². The lowest BCUT2D eigenvalue weighted by molar-refractivity contribution is -0.136. The van der Waals surface area contributed by atoms with E-state index in [-0.39, 0.29) is 62.1 Å². The molecule has 9 atom stereocenters. The molecule has 1 aliphatic heterocycles. The van der Waals surface area contributed by atoms with Gasteiger partial charge in [0.15, 0.2) is 0 Å². The number of phenols is 2. The standard InChI is InChI=1S/C54H67ClN12O13S/c1-28(68)44-53(79)66-43(52(78)62-39(46(59)72)23-31-9-17-35(69)18-10-31)27-81-54(80)60-26-42(65-47(73)37(57)22-29-7-15-34(55)16-8-29)51(77)64-41(25-32-11-19-36(70)20-12-32)50(76)63-40(24-30-5-13-33(14-6-30)45(58)71)49(75)61-38(48(74)67-44)4-2-3-21-56/h5-20,28,37-44,68-70H,2-4,21-27,56-57H2,1H3,(H2,58,71)(H2,59,72)(H,60,80)(H,61,75)(H,62,78)(H,63,76)(H,64,77)(H,65,73)(H,66,79)(H,67,74)/t28-,37+,38+,39-,40-,41+,42+,43+,44+/m1/s1. The second-order valence-electron chi connectivity index (χ2n) is 19.2. The van der Waals surface area contributed by atoms with Crippen LogP contribution in [0.2, 0.25) is 5.02 Å². The molecule has 27 heteroatoms. The number of phenolic OH excluding ortho intramolecular Hbond substituents is 2. The molecule has 0 unspecified atom stereocenters. The number of aromatic hydroxyl groups is 2. The van der Waals surface area contributed by atoms with E-state index >= 15 is 0 Å². The number of aliphatic hydroxyl groups is 1. The zero-order valence-electron chi connectivity index (χ0n) is 44.0. The Bertz CT molecular complexity index is 2870. The van der Waals surface area contributed by atoms with Crippen molar-refractivity contribution < 1.29 is 63.3 Å². The Labute approximate surface area is 475 Å². The molecule has 25 nitrogen and oxygen atoms in total. The third-order valence-electron chi connectivity index (χ3n) is 12.8. The average molecular weight is 1160 g/mol. The number of carbonyl (C=O) groups is 10. The van der Waals surface area contributed by atoms with Crippen LogP contribution in [0.25, 0.3) is 0 Å². The van der Waals surface area contributed by atoms with Crippen LogP contribution in [0.4, 0.5) is 4.79 Å². The predicted molar refractivity (Wildman–Crippen MR) is 299 cm³/mol. The second kappa shape index (κ2) is 30.9. The van der Waals surface area contributed by atoms with Gasteiger partial charge in [-0.2, -0.15) is 0 Å². The van der Waals surface area contributed by atoms with Crippen molar-refractivity contribution in [3.05, 3.63) is 130 Å². The lowest BCUT2D eigenvalue weighted by Gasteiger charge is -2.28. The van der Waals surface area contributed by atoms with Gasteiger partial charge in [-0.3, -0.25) is 47.9 Å². The molecule has 81 heavy (non-hydrogen) atoms. The predicted octanol–water partition coefficient (Wildman–Crippen LogP) is -1.71. The summed E-state index contributed by atoms with van der Waals surface area (Å²) in [7, 11) is 0.